The fourth-order valence-electron chi connectivity index (χ4n) is 4.47. The molecule has 0 saturated carbocycles. The Morgan fingerprint density at radius 1 is 1.13 bits per heavy atom. The second kappa shape index (κ2) is 9.61. The Balaban J connectivity index is 1.18. The van der Waals surface area contributed by atoms with Crippen LogP contribution in [0, 0.1) is 5.92 Å². The van der Waals surface area contributed by atoms with Gasteiger partial charge in [-0.3, -0.25) is 0 Å². The van der Waals surface area contributed by atoms with Crippen molar-refractivity contribution in [2.75, 3.05) is 37.4 Å². The zero-order valence-electron chi connectivity index (χ0n) is 18.2. The molecule has 0 bridgehead atoms. The molecule has 4 rings (SSSR count). The van der Waals surface area contributed by atoms with E-state index in [2.05, 4.69) is 16.0 Å². The third-order valence-electron chi connectivity index (χ3n) is 6.36. The van der Waals surface area contributed by atoms with E-state index in [4.69, 9.17) is 12.6 Å². The molecular weight excluding hydrogens is 409 g/mol. The van der Waals surface area contributed by atoms with E-state index in [1.807, 2.05) is 24.3 Å². The van der Waals surface area contributed by atoms with Gasteiger partial charge in [-0.25, -0.2) is 13.4 Å². The van der Waals surface area contributed by atoms with Crippen LogP contribution in [0.1, 0.15) is 36.8 Å². The smallest absolute Gasteiger partial charge is 0.211 e. The summed E-state index contributed by atoms with van der Waals surface area (Å²) in [6.07, 6.45) is 8.32. The highest BCUT2D eigenvalue weighted by molar-refractivity contribution is 7.88. The lowest BCUT2D eigenvalue weighted by molar-refractivity contribution is 0.278. The molecule has 6 nitrogen and oxygen atoms in total. The summed E-state index contributed by atoms with van der Waals surface area (Å²) in [6, 6.07) is 9.95. The second-order valence-corrected chi connectivity index (χ2v) is 10.6. The van der Waals surface area contributed by atoms with E-state index < -0.39 is 10.0 Å². The van der Waals surface area contributed by atoms with E-state index in [9.17, 15) is 8.42 Å². The lowest BCUT2D eigenvalue weighted by atomic mass is 9.92. The van der Waals surface area contributed by atoms with Crippen molar-refractivity contribution < 1.29 is 13.2 Å². The van der Waals surface area contributed by atoms with Gasteiger partial charge in [-0.05, 0) is 67.3 Å². The SMILES string of the molecule is [B]c1ccc(N2CCC(CCCOc3ccc4c(c3)CCN(S(C)(=O)=O)C4)CC2)nc1. The van der Waals surface area contributed by atoms with Crippen molar-refractivity contribution in [2.45, 2.75) is 38.6 Å². The lowest BCUT2D eigenvalue weighted by Gasteiger charge is -2.33. The van der Waals surface area contributed by atoms with Gasteiger partial charge >= 0.3 is 0 Å². The van der Waals surface area contributed by atoms with Gasteiger partial charge in [0.1, 0.15) is 19.4 Å². The van der Waals surface area contributed by atoms with Crippen LogP contribution in [-0.2, 0) is 23.0 Å². The quantitative estimate of drug-likeness (QED) is 0.489. The first-order valence-electron chi connectivity index (χ1n) is 11.0. The molecule has 1 fully saturated rings. The van der Waals surface area contributed by atoms with E-state index in [-0.39, 0.29) is 0 Å². The molecule has 31 heavy (non-hydrogen) atoms. The maximum absolute atomic E-state index is 11.8. The standard InChI is InChI=1S/C23H30BN3O3S/c1-31(28,29)27-13-10-19-15-22(6-4-20(19)17-27)30-14-2-3-18-8-11-26(12-9-18)23-7-5-21(24)16-25-23/h4-7,15-16,18H,2-3,8-14,17H2,1H3. The zero-order valence-corrected chi connectivity index (χ0v) is 19.0. The molecule has 2 aliphatic rings. The molecule has 164 valence electrons. The molecule has 0 N–H and O–H groups in total. The fourth-order valence-corrected chi connectivity index (χ4v) is 5.27. The second-order valence-electron chi connectivity index (χ2n) is 8.65. The minimum absolute atomic E-state index is 0.457. The van der Waals surface area contributed by atoms with Crippen molar-refractivity contribution in [2.24, 2.45) is 5.92 Å². The highest BCUT2D eigenvalue weighted by Crippen LogP contribution is 2.27. The maximum atomic E-state index is 11.8. The van der Waals surface area contributed by atoms with Gasteiger partial charge < -0.3 is 9.64 Å². The zero-order chi connectivity index (χ0) is 21.8. The van der Waals surface area contributed by atoms with Gasteiger partial charge in [-0.15, -0.1) is 0 Å². The van der Waals surface area contributed by atoms with Gasteiger partial charge in [0.2, 0.25) is 10.0 Å². The summed E-state index contributed by atoms with van der Waals surface area (Å²) in [5.41, 5.74) is 2.97. The van der Waals surface area contributed by atoms with E-state index in [0.29, 0.717) is 25.2 Å². The lowest BCUT2D eigenvalue weighted by Crippen LogP contribution is -2.35. The number of piperidine rings is 1. The van der Waals surface area contributed by atoms with Crippen molar-refractivity contribution in [1.82, 2.24) is 9.29 Å². The van der Waals surface area contributed by atoms with Crippen LogP contribution in [0.3, 0.4) is 0 Å². The van der Waals surface area contributed by atoms with Crippen molar-refractivity contribution in [1.29, 1.82) is 0 Å². The molecule has 0 unspecified atom stereocenters. The summed E-state index contributed by atoms with van der Waals surface area (Å²) in [4.78, 5) is 6.77. The van der Waals surface area contributed by atoms with E-state index in [1.165, 1.54) is 35.4 Å². The number of benzene rings is 1. The average molecular weight is 439 g/mol. The van der Waals surface area contributed by atoms with Crippen molar-refractivity contribution >= 4 is 29.2 Å². The number of sulfonamides is 1. The topological polar surface area (TPSA) is 62.7 Å². The number of nitrogens with zero attached hydrogens (tertiary/aromatic N) is 3. The molecule has 1 aromatic heterocycles. The molecule has 8 heteroatoms. The van der Waals surface area contributed by atoms with Crippen LogP contribution in [0.2, 0.25) is 0 Å². The van der Waals surface area contributed by atoms with Crippen LogP contribution in [0.25, 0.3) is 0 Å². The Morgan fingerprint density at radius 3 is 2.65 bits per heavy atom. The largest absolute Gasteiger partial charge is 0.494 e. The molecule has 0 aliphatic carbocycles. The van der Waals surface area contributed by atoms with Crippen LogP contribution < -0.4 is 15.1 Å². The molecule has 2 aromatic rings. The van der Waals surface area contributed by atoms with Crippen LogP contribution in [0.15, 0.2) is 36.5 Å². The number of aromatic nitrogens is 1. The first-order valence-corrected chi connectivity index (χ1v) is 12.9. The third-order valence-corrected chi connectivity index (χ3v) is 7.61. The van der Waals surface area contributed by atoms with Crippen LogP contribution in [-0.4, -0.2) is 58.1 Å². The van der Waals surface area contributed by atoms with Gasteiger partial charge in [0.25, 0.3) is 0 Å². The van der Waals surface area contributed by atoms with E-state index >= 15 is 0 Å². The Labute approximate surface area is 187 Å². The predicted octanol–water partition coefficient (Wildman–Crippen LogP) is 2.27. The van der Waals surface area contributed by atoms with Crippen molar-refractivity contribution in [3.63, 3.8) is 0 Å². The number of rotatable bonds is 7. The third kappa shape index (κ3) is 5.80. The molecule has 0 atom stereocenters. The highest BCUT2D eigenvalue weighted by Gasteiger charge is 2.23. The normalized spacial score (nSPS) is 18.0. The van der Waals surface area contributed by atoms with Gasteiger partial charge in [0.05, 0.1) is 12.9 Å². The van der Waals surface area contributed by atoms with Crippen LogP contribution >= 0.6 is 0 Å². The van der Waals surface area contributed by atoms with E-state index in [0.717, 1.165) is 49.0 Å². The number of fused-ring (bicyclic) bond motifs is 1. The minimum atomic E-state index is -3.14. The minimum Gasteiger partial charge on any atom is -0.494 e. The summed E-state index contributed by atoms with van der Waals surface area (Å²) in [6.45, 7) is 3.79. The molecule has 3 heterocycles. The molecule has 1 saturated heterocycles. The molecule has 2 radical (unpaired) electrons. The predicted molar refractivity (Wildman–Crippen MR) is 125 cm³/mol. The molecular formula is C23H30BN3O3S. The highest BCUT2D eigenvalue weighted by atomic mass is 32.2. The number of ether oxygens (including phenoxy) is 1. The first kappa shape index (κ1) is 22.2. The number of hydrogen-bond acceptors (Lipinski definition) is 5. The summed E-state index contributed by atoms with van der Waals surface area (Å²) in [7, 11) is 2.59. The number of pyridine rings is 1. The van der Waals surface area contributed by atoms with Gasteiger partial charge in [-0.1, -0.05) is 17.6 Å². The number of anilines is 1. The molecule has 0 spiro atoms. The summed E-state index contributed by atoms with van der Waals surface area (Å²) in [5, 5.41) is 0. The molecule has 0 amide bonds. The Bertz CT molecular complexity index is 990. The summed E-state index contributed by atoms with van der Waals surface area (Å²) < 4.78 is 31.0. The van der Waals surface area contributed by atoms with Gasteiger partial charge in [0.15, 0.2) is 0 Å². The van der Waals surface area contributed by atoms with Crippen LogP contribution in [0.4, 0.5) is 5.82 Å². The summed E-state index contributed by atoms with van der Waals surface area (Å²) >= 11 is 0. The monoisotopic (exact) mass is 439 g/mol. The first-order chi connectivity index (χ1) is 14.9. The van der Waals surface area contributed by atoms with Gasteiger partial charge in [0, 0.05) is 32.4 Å². The Morgan fingerprint density at radius 2 is 1.94 bits per heavy atom. The molecule has 2 aliphatic heterocycles. The summed E-state index contributed by atoms with van der Waals surface area (Å²) in [5.74, 6) is 2.64. The van der Waals surface area contributed by atoms with Crippen molar-refractivity contribution in [3.8, 4) is 5.75 Å². The van der Waals surface area contributed by atoms with Crippen LogP contribution in [0.5, 0.6) is 5.75 Å². The average Bonchev–Trinajstić information content (AvgIpc) is 2.77. The van der Waals surface area contributed by atoms with Crippen molar-refractivity contribution in [3.05, 3.63) is 47.7 Å². The Kier molecular flexibility index (Phi) is 6.87. The Hall–Kier alpha value is -2.06. The number of hydrogen-bond donors (Lipinski definition) is 0. The fraction of sp³-hybridized carbons (Fsp3) is 0.522. The van der Waals surface area contributed by atoms with E-state index in [1.54, 1.807) is 6.20 Å². The maximum Gasteiger partial charge on any atom is 0.211 e. The van der Waals surface area contributed by atoms with Gasteiger partial charge in [-0.2, -0.15) is 4.31 Å². The molecule has 1 aromatic carbocycles.